The monoisotopic (exact) mass is 433 g/mol. The maximum absolute atomic E-state index is 13.2. The highest BCUT2D eigenvalue weighted by Gasteiger charge is 2.55. The largest absolute Gasteiger partial charge is 0.322 e. The van der Waals surface area contributed by atoms with E-state index in [9.17, 15) is 14.9 Å². The molecule has 0 radical (unpaired) electrons. The first-order valence-electron chi connectivity index (χ1n) is 10.9. The third-order valence-corrected chi connectivity index (χ3v) is 7.27. The van der Waals surface area contributed by atoms with Crippen molar-refractivity contribution in [2.75, 3.05) is 18.0 Å². The Kier molecular flexibility index (Phi) is 4.28. The Balaban J connectivity index is 1.14. The van der Waals surface area contributed by atoms with Gasteiger partial charge in [-0.15, -0.1) is 5.10 Å². The minimum absolute atomic E-state index is 0.0204. The summed E-state index contributed by atoms with van der Waals surface area (Å²) in [5, 5.41) is 23.3. The fourth-order valence-corrected chi connectivity index (χ4v) is 5.70. The molecule has 11 heteroatoms. The molecule has 4 aliphatic rings. The average Bonchev–Trinajstić information content (AvgIpc) is 3.25. The highest BCUT2D eigenvalue weighted by Crippen LogP contribution is 2.47. The van der Waals surface area contributed by atoms with Crippen LogP contribution in [0.1, 0.15) is 19.3 Å². The van der Waals surface area contributed by atoms with Crippen molar-refractivity contribution in [1.82, 2.24) is 30.4 Å². The molecule has 4 heterocycles. The maximum atomic E-state index is 13.2. The van der Waals surface area contributed by atoms with Crippen molar-refractivity contribution in [3.05, 3.63) is 24.3 Å². The second-order valence-electron chi connectivity index (χ2n) is 9.16. The first-order valence-corrected chi connectivity index (χ1v) is 10.9. The number of nitrogens with two attached hydrogens (primary N) is 1. The predicted octanol–water partition coefficient (Wildman–Crippen LogP) is -0.504. The molecule has 11 nitrogen and oxygen atoms in total. The zero-order chi connectivity index (χ0) is 22.0. The van der Waals surface area contributed by atoms with Crippen molar-refractivity contribution in [1.29, 1.82) is 5.26 Å². The molecule has 3 aliphatic heterocycles. The van der Waals surface area contributed by atoms with Gasteiger partial charge in [0, 0.05) is 30.4 Å². The van der Waals surface area contributed by atoms with Gasteiger partial charge in [0.05, 0.1) is 24.2 Å². The molecule has 1 aromatic carbocycles. The van der Waals surface area contributed by atoms with Crippen molar-refractivity contribution in [3.63, 3.8) is 0 Å². The Labute approximate surface area is 184 Å². The first kappa shape index (κ1) is 19.3. The third kappa shape index (κ3) is 2.91. The number of fused-ring (bicyclic) bond motifs is 3. The molecule has 164 valence electrons. The number of anilines is 1. The standard InChI is InChI=1S/C21H23N9O2/c22-8-14-5-12-6-17(12)30(14)20(31)16(23)10-28-9-15-7-18(28)21(32)29(15)13-3-1-2-11(4-13)19-24-26-27-25-19/h1-4,12,14-18H,5-7,9-10,23H2,(H,24,25,26,27)/t12-,14+,15?,16+,17+,18+/m1/s1. The van der Waals surface area contributed by atoms with Gasteiger partial charge in [-0.25, -0.2) is 5.10 Å². The number of carbonyl (C=O) groups excluding carboxylic acids is 2. The van der Waals surface area contributed by atoms with E-state index in [1.807, 2.05) is 34.1 Å². The summed E-state index contributed by atoms with van der Waals surface area (Å²) in [6, 6.07) is 8.65. The Bertz CT molecular complexity index is 1110. The number of carbonyl (C=O) groups is 2. The van der Waals surface area contributed by atoms with Crippen LogP contribution in [-0.2, 0) is 9.59 Å². The normalized spacial score (nSPS) is 31.6. The second kappa shape index (κ2) is 7.08. The van der Waals surface area contributed by atoms with Gasteiger partial charge >= 0.3 is 0 Å². The highest BCUT2D eigenvalue weighted by molar-refractivity contribution is 6.01. The second-order valence-corrected chi connectivity index (χ2v) is 9.16. The molecule has 4 fully saturated rings. The fraction of sp³-hybridized carbons (Fsp3) is 0.524. The van der Waals surface area contributed by atoms with Gasteiger partial charge in [-0.2, -0.15) is 5.26 Å². The van der Waals surface area contributed by atoms with Gasteiger partial charge in [0.25, 0.3) is 0 Å². The lowest BCUT2D eigenvalue weighted by Crippen LogP contribution is -2.57. The molecule has 6 atom stereocenters. The predicted molar refractivity (Wildman–Crippen MR) is 112 cm³/mol. The number of tetrazole rings is 1. The molecule has 1 saturated carbocycles. The van der Waals surface area contributed by atoms with Crippen LogP contribution in [0.5, 0.6) is 0 Å². The molecule has 6 rings (SSSR count). The average molecular weight is 433 g/mol. The zero-order valence-electron chi connectivity index (χ0n) is 17.3. The fourth-order valence-electron chi connectivity index (χ4n) is 5.70. The lowest BCUT2D eigenvalue weighted by atomic mass is 10.1. The van der Waals surface area contributed by atoms with Crippen LogP contribution in [0, 0.1) is 17.2 Å². The Morgan fingerprint density at radius 1 is 1.34 bits per heavy atom. The number of amides is 2. The number of aromatic nitrogens is 4. The molecular weight excluding hydrogens is 410 g/mol. The molecule has 1 aromatic heterocycles. The van der Waals surface area contributed by atoms with Crippen LogP contribution in [-0.4, -0.2) is 85.5 Å². The Morgan fingerprint density at radius 3 is 2.97 bits per heavy atom. The van der Waals surface area contributed by atoms with E-state index in [1.54, 1.807) is 4.90 Å². The van der Waals surface area contributed by atoms with E-state index in [0.29, 0.717) is 31.3 Å². The van der Waals surface area contributed by atoms with Crippen LogP contribution < -0.4 is 10.6 Å². The maximum Gasteiger partial charge on any atom is 0.244 e. The minimum Gasteiger partial charge on any atom is -0.322 e. The van der Waals surface area contributed by atoms with E-state index >= 15 is 0 Å². The molecule has 3 N–H and O–H groups in total. The lowest BCUT2D eigenvalue weighted by Gasteiger charge is -2.35. The van der Waals surface area contributed by atoms with E-state index < -0.39 is 6.04 Å². The number of nitrogens with one attached hydrogen (secondary N) is 1. The first-order chi connectivity index (χ1) is 15.5. The zero-order valence-corrected chi connectivity index (χ0v) is 17.3. The van der Waals surface area contributed by atoms with E-state index in [0.717, 1.165) is 24.1 Å². The number of H-pyrrole nitrogens is 1. The molecule has 32 heavy (non-hydrogen) atoms. The van der Waals surface area contributed by atoms with Crippen molar-refractivity contribution in [2.24, 2.45) is 11.7 Å². The Morgan fingerprint density at radius 2 is 2.22 bits per heavy atom. The number of rotatable bonds is 5. The minimum atomic E-state index is -0.729. The topological polar surface area (TPSA) is 148 Å². The summed E-state index contributed by atoms with van der Waals surface area (Å²) in [6.07, 6.45) is 2.44. The summed E-state index contributed by atoms with van der Waals surface area (Å²) in [4.78, 5) is 31.7. The van der Waals surface area contributed by atoms with Gasteiger partial charge in [0.1, 0.15) is 6.04 Å². The molecule has 2 bridgehead atoms. The molecule has 1 unspecified atom stereocenters. The van der Waals surface area contributed by atoms with Gasteiger partial charge in [-0.3, -0.25) is 14.5 Å². The van der Waals surface area contributed by atoms with Crippen LogP contribution in [0.25, 0.3) is 11.4 Å². The highest BCUT2D eigenvalue weighted by atomic mass is 16.2. The van der Waals surface area contributed by atoms with E-state index in [2.05, 4.69) is 26.7 Å². The smallest absolute Gasteiger partial charge is 0.244 e. The van der Waals surface area contributed by atoms with Crippen molar-refractivity contribution >= 4 is 17.5 Å². The Hall–Kier alpha value is -3.36. The van der Waals surface area contributed by atoms with Crippen LogP contribution in [0.15, 0.2) is 24.3 Å². The number of benzene rings is 1. The number of hydrogen-bond donors (Lipinski definition) is 2. The molecule has 2 amide bonds. The van der Waals surface area contributed by atoms with Gasteiger partial charge < -0.3 is 15.5 Å². The number of piperidine rings is 1. The summed E-state index contributed by atoms with van der Waals surface area (Å²) in [5.41, 5.74) is 7.90. The molecule has 2 aromatic rings. The number of likely N-dealkylation sites (tertiary alicyclic amines) is 2. The van der Waals surface area contributed by atoms with Crippen molar-refractivity contribution < 1.29 is 9.59 Å². The van der Waals surface area contributed by atoms with Crippen LogP contribution in [0.2, 0.25) is 0 Å². The number of aromatic amines is 1. The van der Waals surface area contributed by atoms with Crippen molar-refractivity contribution in [2.45, 2.75) is 49.5 Å². The van der Waals surface area contributed by atoms with Gasteiger partial charge in [0.15, 0.2) is 5.82 Å². The number of hydrogen-bond acceptors (Lipinski definition) is 8. The van der Waals surface area contributed by atoms with E-state index in [1.165, 1.54) is 0 Å². The number of nitriles is 1. The molecule has 1 aliphatic carbocycles. The van der Waals surface area contributed by atoms with Crippen LogP contribution >= 0.6 is 0 Å². The van der Waals surface area contributed by atoms with Crippen LogP contribution in [0.3, 0.4) is 0 Å². The summed E-state index contributed by atoms with van der Waals surface area (Å²) in [7, 11) is 0. The third-order valence-electron chi connectivity index (χ3n) is 7.27. The SMILES string of the molecule is N#C[C@@H]1C[C@@H]2C[C@@H]2N1C(=O)[C@@H](N)CN1CC2C[C@H]1C(=O)N2c1cccc(-c2nnn[nH]2)c1. The molecular formula is C21H23N9O2. The lowest BCUT2D eigenvalue weighted by molar-refractivity contribution is -0.135. The van der Waals surface area contributed by atoms with Gasteiger partial charge in [-0.05, 0) is 47.7 Å². The van der Waals surface area contributed by atoms with Gasteiger partial charge in [0.2, 0.25) is 11.8 Å². The van der Waals surface area contributed by atoms with Crippen molar-refractivity contribution in [3.8, 4) is 17.5 Å². The molecule has 3 saturated heterocycles. The van der Waals surface area contributed by atoms with Gasteiger partial charge in [-0.1, -0.05) is 12.1 Å². The van der Waals surface area contributed by atoms with E-state index in [-0.39, 0.29) is 36.0 Å². The quantitative estimate of drug-likeness (QED) is 0.641. The number of piperazine rings is 1. The molecule has 0 spiro atoms. The summed E-state index contributed by atoms with van der Waals surface area (Å²) >= 11 is 0. The number of nitrogens with zero attached hydrogens (tertiary/aromatic N) is 7. The van der Waals surface area contributed by atoms with Crippen LogP contribution in [0.4, 0.5) is 5.69 Å². The van der Waals surface area contributed by atoms with E-state index in [4.69, 9.17) is 5.73 Å². The summed E-state index contributed by atoms with van der Waals surface area (Å²) in [6.45, 7) is 0.995. The summed E-state index contributed by atoms with van der Waals surface area (Å²) in [5.74, 6) is 0.858. The summed E-state index contributed by atoms with van der Waals surface area (Å²) < 4.78 is 0.